The van der Waals surface area contributed by atoms with Crippen molar-refractivity contribution in [3.05, 3.63) is 162 Å². The van der Waals surface area contributed by atoms with Gasteiger partial charge in [-0.1, -0.05) is 157 Å². The molecule has 0 amide bonds. The van der Waals surface area contributed by atoms with Crippen molar-refractivity contribution in [2.75, 3.05) is 0 Å². The van der Waals surface area contributed by atoms with E-state index < -0.39 is 25.2 Å². The Morgan fingerprint density at radius 1 is 0.432 bits per heavy atom. The first-order valence-electron chi connectivity index (χ1n) is 18.8. The van der Waals surface area contributed by atoms with Gasteiger partial charge in [0.15, 0.2) is 0 Å². The molecule has 0 aromatic heterocycles. The molecule has 0 saturated carbocycles. The zero-order valence-electron chi connectivity index (χ0n) is 33.1. The summed E-state index contributed by atoms with van der Waals surface area (Å²) in [7, 11) is -1.72. The summed E-state index contributed by atoms with van der Waals surface area (Å²) in [5.74, 6) is 0. The fourth-order valence-corrected chi connectivity index (χ4v) is 6.50. The number of benzene rings is 8. The molecule has 2 nitrogen and oxygen atoms in total. The summed E-state index contributed by atoms with van der Waals surface area (Å²) in [6.45, 7) is 0. The van der Waals surface area contributed by atoms with Crippen molar-refractivity contribution >= 4 is 71.6 Å². The number of fused-ring (bicyclic) bond motifs is 4. The van der Waals surface area contributed by atoms with Crippen LogP contribution in [0.4, 0.5) is 0 Å². The van der Waals surface area contributed by atoms with Gasteiger partial charge >= 0.3 is 7.12 Å². The second kappa shape index (κ2) is 12.1. The number of rotatable bonds is 3. The smallest absolute Gasteiger partial charge is 0.423 e. The average molecular weight is 641 g/mol. The minimum atomic E-state index is -1.72. The minimum absolute atomic E-state index is 0.0948. The van der Waals surface area contributed by atoms with E-state index in [-0.39, 0.29) is 53.4 Å². The summed E-state index contributed by atoms with van der Waals surface area (Å²) < 4.78 is 82.3. The summed E-state index contributed by atoms with van der Waals surface area (Å²) in [5.41, 5.74) is 1.79. The molecule has 0 spiro atoms. The maximum atomic E-state index is 10.0. The monoisotopic (exact) mass is 640 g/mol. The van der Waals surface area contributed by atoms with Gasteiger partial charge in [0.25, 0.3) is 0 Å². The van der Waals surface area contributed by atoms with Crippen LogP contribution in [0.1, 0.15) is 13.7 Å². The summed E-state index contributed by atoms with van der Waals surface area (Å²) in [4.78, 5) is 0. The molecule has 8 aromatic rings. The first kappa shape index (κ1) is 18.8. The van der Waals surface area contributed by atoms with Crippen LogP contribution in [0, 0.1) is 0 Å². The van der Waals surface area contributed by atoms with E-state index in [9.17, 15) is 10.0 Å². The second-order valence-corrected chi connectivity index (χ2v) is 10.8. The highest BCUT2D eigenvalue weighted by Crippen LogP contribution is 2.41. The van der Waals surface area contributed by atoms with E-state index in [1.807, 2.05) is 48.5 Å². The second-order valence-electron chi connectivity index (χ2n) is 10.0. The number of hydrogen-bond acceptors (Lipinski definition) is 2. The molecule has 8 aromatic carbocycles. The third kappa shape index (κ3) is 4.97. The highest BCUT2D eigenvalue weighted by molar-refractivity contribution is 9.10. The van der Waals surface area contributed by atoms with Crippen molar-refractivity contribution in [3.63, 3.8) is 0 Å². The van der Waals surface area contributed by atoms with Gasteiger partial charge in [-0.15, -0.1) is 0 Å². The maximum absolute atomic E-state index is 10.0. The molecule has 8 rings (SSSR count). The van der Waals surface area contributed by atoms with Crippen molar-refractivity contribution in [2.24, 2.45) is 0 Å². The van der Waals surface area contributed by atoms with Crippen molar-refractivity contribution < 1.29 is 23.8 Å². The van der Waals surface area contributed by atoms with Crippen LogP contribution >= 0.6 is 15.9 Å². The first-order valence-corrected chi connectivity index (χ1v) is 14.6. The van der Waals surface area contributed by atoms with Crippen LogP contribution in [0.25, 0.3) is 65.3 Å². The molecule has 2 N–H and O–H groups in total. The SMILES string of the molecule is [2H]c1c([2H])c([2H])c(-c2c3ccccc3c(B(O)O)c3ccccc23)c([2H])c1[2H].[2H]c1c([2H])c([2H])c(-c2c3ccccc3c(Br)c3ccccc23)c([2H])c1[2H]. The Morgan fingerprint density at radius 2 is 0.727 bits per heavy atom. The Balaban J connectivity index is 0.000000167. The Morgan fingerprint density at radius 3 is 1.07 bits per heavy atom. The van der Waals surface area contributed by atoms with Crippen LogP contribution in [-0.2, 0) is 0 Å². The molecule has 0 aliphatic carbocycles. The van der Waals surface area contributed by atoms with E-state index >= 15 is 0 Å². The molecule has 0 bridgehead atoms. The zero-order chi connectivity index (χ0) is 38.7. The Kier molecular flexibility index (Phi) is 5.18. The summed E-state index contributed by atoms with van der Waals surface area (Å²) in [6.07, 6.45) is 0. The summed E-state index contributed by atoms with van der Waals surface area (Å²) >= 11 is 3.67. The third-order valence-corrected chi connectivity index (χ3v) is 8.45. The average Bonchev–Trinajstić information content (AvgIpc) is 3.19. The predicted octanol–water partition coefficient (Wildman–Crippen LogP) is 9.76. The van der Waals surface area contributed by atoms with Crippen LogP contribution in [0.5, 0.6) is 0 Å². The molecule has 0 atom stereocenters. The van der Waals surface area contributed by atoms with Crippen molar-refractivity contribution in [1.29, 1.82) is 0 Å². The highest BCUT2D eigenvalue weighted by atomic mass is 79.9. The molecule has 0 aliphatic heterocycles. The van der Waals surface area contributed by atoms with E-state index in [0.717, 1.165) is 26.0 Å². The topological polar surface area (TPSA) is 40.5 Å². The lowest BCUT2D eigenvalue weighted by atomic mass is 9.72. The summed E-state index contributed by atoms with van der Waals surface area (Å²) in [5, 5.41) is 25.9. The highest BCUT2D eigenvalue weighted by Gasteiger charge is 2.22. The van der Waals surface area contributed by atoms with Gasteiger partial charge < -0.3 is 10.0 Å². The van der Waals surface area contributed by atoms with Gasteiger partial charge in [0.05, 0.1) is 13.7 Å². The molecule has 4 heteroatoms. The molecular weight excluding hydrogens is 603 g/mol. The first-order chi connectivity index (χ1) is 25.8. The Labute approximate surface area is 279 Å². The molecule has 0 fully saturated rings. The van der Waals surface area contributed by atoms with Crippen molar-refractivity contribution in [3.8, 4) is 22.3 Å². The largest absolute Gasteiger partial charge is 0.489 e. The van der Waals surface area contributed by atoms with Crippen LogP contribution < -0.4 is 5.46 Å². The van der Waals surface area contributed by atoms with Gasteiger partial charge in [-0.05, 0) is 86.7 Å². The van der Waals surface area contributed by atoms with Crippen molar-refractivity contribution in [1.82, 2.24) is 0 Å². The van der Waals surface area contributed by atoms with Crippen molar-refractivity contribution in [2.45, 2.75) is 0 Å². The van der Waals surface area contributed by atoms with Gasteiger partial charge in [-0.25, -0.2) is 0 Å². The van der Waals surface area contributed by atoms with Gasteiger partial charge in [0, 0.05) is 4.47 Å². The van der Waals surface area contributed by atoms with E-state index in [1.54, 1.807) is 48.5 Å². The predicted molar refractivity (Wildman–Crippen MR) is 191 cm³/mol. The molecule has 0 heterocycles. The molecular formula is C40H28BBrO2. The van der Waals surface area contributed by atoms with Gasteiger partial charge in [0.2, 0.25) is 0 Å². The van der Waals surface area contributed by atoms with Crippen LogP contribution in [0.2, 0.25) is 0 Å². The maximum Gasteiger partial charge on any atom is 0.489 e. The van der Waals surface area contributed by atoms with Gasteiger partial charge in [-0.3, -0.25) is 0 Å². The quantitative estimate of drug-likeness (QED) is 0.149. The molecule has 0 aliphatic rings. The Bertz CT molecular complexity index is 2680. The lowest BCUT2D eigenvalue weighted by Crippen LogP contribution is -2.31. The molecule has 0 saturated heterocycles. The van der Waals surface area contributed by atoms with Gasteiger partial charge in [0.1, 0.15) is 0 Å². The third-order valence-electron chi connectivity index (χ3n) is 7.60. The van der Waals surface area contributed by atoms with Crippen LogP contribution in [0.15, 0.2) is 162 Å². The van der Waals surface area contributed by atoms with Crippen LogP contribution in [-0.4, -0.2) is 17.2 Å². The van der Waals surface area contributed by atoms with E-state index in [2.05, 4.69) is 15.9 Å². The molecule has 44 heavy (non-hydrogen) atoms. The molecule has 0 radical (unpaired) electrons. The molecule has 210 valence electrons. The van der Waals surface area contributed by atoms with E-state index in [1.165, 1.54) is 0 Å². The van der Waals surface area contributed by atoms with E-state index in [4.69, 9.17) is 13.7 Å². The Hall–Kier alpha value is -4.74. The fraction of sp³-hybridized carbons (Fsp3) is 0. The van der Waals surface area contributed by atoms with E-state index in [0.29, 0.717) is 38.1 Å². The van der Waals surface area contributed by atoms with Gasteiger partial charge in [-0.2, -0.15) is 0 Å². The summed E-state index contributed by atoms with van der Waals surface area (Å²) in [6, 6.07) is 26.2. The van der Waals surface area contributed by atoms with Crippen LogP contribution in [0.3, 0.4) is 0 Å². The normalized spacial score (nSPS) is 14.2. The lowest BCUT2D eigenvalue weighted by Gasteiger charge is -2.16. The standard InChI is InChI=1S/C20H15BO2.C20H13Br/c22-21(23)20-17-12-6-4-10-15(17)19(14-8-2-1-3-9-14)16-11-5-7-13-18(16)20;21-20-17-12-6-4-10-15(17)19(14-8-2-1-3-9-14)16-11-5-7-13-18(16)20/h1-13,22-23H;1-13H/i2*1D,2D,3D,8D,9D. The zero-order valence-corrected chi connectivity index (χ0v) is 24.7. The minimum Gasteiger partial charge on any atom is -0.423 e. The molecule has 0 unspecified atom stereocenters. The fourth-order valence-electron chi connectivity index (χ4n) is 5.80. The lowest BCUT2D eigenvalue weighted by molar-refractivity contribution is 0.426. The number of hydrogen-bond donors (Lipinski definition) is 2. The number of halogens is 1.